The molecular formula is C10H18BrN3O. The Morgan fingerprint density at radius 2 is 2.27 bits per heavy atom. The van der Waals surface area contributed by atoms with Gasteiger partial charge in [0.25, 0.3) is 0 Å². The molecule has 0 aliphatic carbocycles. The number of halogens is 1. The number of likely N-dealkylation sites (N-methyl/N-ethyl adjacent to an activating group) is 1. The summed E-state index contributed by atoms with van der Waals surface area (Å²) >= 11 is 3.50. The van der Waals surface area contributed by atoms with Gasteiger partial charge in [-0.3, -0.25) is 4.68 Å². The molecule has 0 radical (unpaired) electrons. The molecule has 5 heteroatoms. The van der Waals surface area contributed by atoms with E-state index in [0.717, 1.165) is 35.6 Å². The van der Waals surface area contributed by atoms with Gasteiger partial charge < -0.3 is 10.1 Å². The van der Waals surface area contributed by atoms with Gasteiger partial charge in [0, 0.05) is 13.6 Å². The van der Waals surface area contributed by atoms with Crippen LogP contribution in [0.1, 0.15) is 18.3 Å². The number of nitrogens with one attached hydrogen (secondary N) is 1. The highest BCUT2D eigenvalue weighted by Crippen LogP contribution is 2.20. The number of rotatable bonds is 6. The molecule has 0 fully saturated rings. The van der Waals surface area contributed by atoms with Crippen molar-refractivity contribution in [1.29, 1.82) is 0 Å². The van der Waals surface area contributed by atoms with Crippen LogP contribution in [0.25, 0.3) is 0 Å². The maximum absolute atomic E-state index is 5.54. The fourth-order valence-corrected chi connectivity index (χ4v) is 1.78. The molecule has 4 nitrogen and oxygen atoms in total. The molecule has 1 rings (SSSR count). The Bertz CT molecular complexity index is 312. The second-order valence-corrected chi connectivity index (χ2v) is 4.17. The van der Waals surface area contributed by atoms with Crippen molar-refractivity contribution in [1.82, 2.24) is 15.1 Å². The van der Waals surface area contributed by atoms with Crippen molar-refractivity contribution < 1.29 is 4.74 Å². The van der Waals surface area contributed by atoms with E-state index in [4.69, 9.17) is 4.74 Å². The van der Waals surface area contributed by atoms with Crippen molar-refractivity contribution in [2.24, 2.45) is 7.05 Å². The summed E-state index contributed by atoms with van der Waals surface area (Å²) in [4.78, 5) is 0. The number of aryl methyl sites for hydroxylation is 2. The molecule has 0 spiro atoms. The average molecular weight is 276 g/mol. The van der Waals surface area contributed by atoms with Crippen molar-refractivity contribution in [3.63, 3.8) is 0 Å². The van der Waals surface area contributed by atoms with Gasteiger partial charge in [-0.1, -0.05) is 6.92 Å². The quantitative estimate of drug-likeness (QED) is 0.802. The number of hydrogen-bond donors (Lipinski definition) is 1. The van der Waals surface area contributed by atoms with E-state index in [1.54, 1.807) is 0 Å². The summed E-state index contributed by atoms with van der Waals surface area (Å²) in [5.74, 6) is 0. The van der Waals surface area contributed by atoms with Crippen LogP contribution in [-0.2, 0) is 18.4 Å². The molecule has 0 bridgehead atoms. The van der Waals surface area contributed by atoms with E-state index < -0.39 is 0 Å². The Balaban J connectivity index is 2.37. The van der Waals surface area contributed by atoms with Gasteiger partial charge in [-0.05, 0) is 29.4 Å². The maximum Gasteiger partial charge on any atom is 0.0896 e. The zero-order valence-corrected chi connectivity index (χ0v) is 11.1. The van der Waals surface area contributed by atoms with Crippen LogP contribution >= 0.6 is 15.9 Å². The summed E-state index contributed by atoms with van der Waals surface area (Å²) in [5.41, 5.74) is 2.09. The van der Waals surface area contributed by atoms with Crippen molar-refractivity contribution in [2.45, 2.75) is 20.5 Å². The van der Waals surface area contributed by atoms with Crippen LogP contribution in [0.2, 0.25) is 0 Å². The second-order valence-electron chi connectivity index (χ2n) is 3.38. The molecule has 1 aromatic rings. The predicted molar refractivity (Wildman–Crippen MR) is 63.8 cm³/mol. The SMILES string of the molecule is CCNCCOCc1c(Br)c(C)nn1C. The highest BCUT2D eigenvalue weighted by molar-refractivity contribution is 9.10. The van der Waals surface area contributed by atoms with Gasteiger partial charge in [0.2, 0.25) is 0 Å². The average Bonchev–Trinajstić information content (AvgIpc) is 2.44. The molecule has 0 unspecified atom stereocenters. The fraction of sp³-hybridized carbons (Fsp3) is 0.700. The Morgan fingerprint density at radius 1 is 1.53 bits per heavy atom. The molecule has 0 aliphatic rings. The molecular weight excluding hydrogens is 258 g/mol. The van der Waals surface area contributed by atoms with Crippen LogP contribution in [0, 0.1) is 6.92 Å². The van der Waals surface area contributed by atoms with Gasteiger partial charge in [0.15, 0.2) is 0 Å². The zero-order valence-electron chi connectivity index (χ0n) is 9.51. The number of nitrogens with zero attached hydrogens (tertiary/aromatic N) is 2. The number of aromatic nitrogens is 2. The first kappa shape index (κ1) is 12.7. The standard InChI is InChI=1S/C10H18BrN3O/c1-4-12-5-6-15-7-9-10(11)8(2)13-14(9)3/h12H,4-7H2,1-3H3. The summed E-state index contributed by atoms with van der Waals surface area (Å²) < 4.78 is 8.45. The Labute approximate surface area is 99.1 Å². The first-order chi connectivity index (χ1) is 7.16. The lowest BCUT2D eigenvalue weighted by Gasteiger charge is -2.05. The first-order valence-corrected chi connectivity index (χ1v) is 5.92. The van der Waals surface area contributed by atoms with Crippen molar-refractivity contribution in [3.8, 4) is 0 Å². The Morgan fingerprint density at radius 3 is 2.80 bits per heavy atom. The van der Waals surface area contributed by atoms with Crippen LogP contribution in [0.5, 0.6) is 0 Å². The van der Waals surface area contributed by atoms with Gasteiger partial charge in [0.05, 0.1) is 29.1 Å². The monoisotopic (exact) mass is 275 g/mol. The molecule has 0 amide bonds. The summed E-state index contributed by atoms with van der Waals surface area (Å²) in [5, 5.41) is 7.51. The summed E-state index contributed by atoms with van der Waals surface area (Å²) in [7, 11) is 1.93. The van der Waals surface area contributed by atoms with Crippen LogP contribution in [0.15, 0.2) is 4.47 Å². The van der Waals surface area contributed by atoms with Crippen LogP contribution in [0.3, 0.4) is 0 Å². The van der Waals surface area contributed by atoms with Gasteiger partial charge in [-0.15, -0.1) is 0 Å². The van der Waals surface area contributed by atoms with E-state index >= 15 is 0 Å². The minimum Gasteiger partial charge on any atom is -0.374 e. The van der Waals surface area contributed by atoms with E-state index in [1.165, 1.54) is 0 Å². The van der Waals surface area contributed by atoms with Crippen molar-refractivity contribution in [3.05, 3.63) is 15.9 Å². The molecule has 0 atom stereocenters. The van der Waals surface area contributed by atoms with Gasteiger partial charge in [0.1, 0.15) is 0 Å². The highest BCUT2D eigenvalue weighted by Gasteiger charge is 2.09. The number of hydrogen-bond acceptors (Lipinski definition) is 3. The predicted octanol–water partition coefficient (Wildman–Crippen LogP) is 1.62. The number of ether oxygens (including phenoxy) is 1. The highest BCUT2D eigenvalue weighted by atomic mass is 79.9. The van der Waals surface area contributed by atoms with Gasteiger partial charge >= 0.3 is 0 Å². The summed E-state index contributed by atoms with van der Waals surface area (Å²) in [6.07, 6.45) is 0. The van der Waals surface area contributed by atoms with Crippen molar-refractivity contribution >= 4 is 15.9 Å². The van der Waals surface area contributed by atoms with Crippen LogP contribution in [-0.4, -0.2) is 29.5 Å². The molecule has 0 saturated heterocycles. The smallest absolute Gasteiger partial charge is 0.0896 e. The van der Waals surface area contributed by atoms with Gasteiger partial charge in [-0.2, -0.15) is 5.10 Å². The lowest BCUT2D eigenvalue weighted by atomic mass is 10.4. The minimum absolute atomic E-state index is 0.601. The van der Waals surface area contributed by atoms with Gasteiger partial charge in [-0.25, -0.2) is 0 Å². The molecule has 86 valence electrons. The molecule has 1 aromatic heterocycles. The maximum atomic E-state index is 5.54. The molecule has 1 heterocycles. The Hall–Kier alpha value is -0.390. The molecule has 0 aromatic carbocycles. The molecule has 15 heavy (non-hydrogen) atoms. The van der Waals surface area contributed by atoms with Crippen LogP contribution in [0.4, 0.5) is 0 Å². The fourth-order valence-electron chi connectivity index (χ4n) is 1.33. The topological polar surface area (TPSA) is 39.1 Å². The van der Waals surface area contributed by atoms with E-state index in [2.05, 4.69) is 33.3 Å². The zero-order chi connectivity index (χ0) is 11.3. The third-order valence-electron chi connectivity index (χ3n) is 2.17. The third kappa shape index (κ3) is 3.59. The lowest BCUT2D eigenvalue weighted by Crippen LogP contribution is -2.19. The van der Waals surface area contributed by atoms with Crippen molar-refractivity contribution in [2.75, 3.05) is 19.7 Å². The lowest BCUT2D eigenvalue weighted by molar-refractivity contribution is 0.117. The molecule has 0 saturated carbocycles. The third-order valence-corrected chi connectivity index (χ3v) is 3.21. The normalized spacial score (nSPS) is 10.9. The largest absolute Gasteiger partial charge is 0.374 e. The van der Waals surface area contributed by atoms with Crippen LogP contribution < -0.4 is 5.32 Å². The first-order valence-electron chi connectivity index (χ1n) is 5.13. The van der Waals surface area contributed by atoms with E-state index in [1.807, 2.05) is 18.7 Å². The minimum atomic E-state index is 0.601. The summed E-state index contributed by atoms with van der Waals surface area (Å²) in [6.45, 7) is 7.27. The van der Waals surface area contributed by atoms with E-state index in [0.29, 0.717) is 6.61 Å². The summed E-state index contributed by atoms with van der Waals surface area (Å²) in [6, 6.07) is 0. The van der Waals surface area contributed by atoms with E-state index in [-0.39, 0.29) is 0 Å². The molecule has 1 N–H and O–H groups in total. The van der Waals surface area contributed by atoms with E-state index in [9.17, 15) is 0 Å². The Kier molecular flexibility index (Phi) is 5.28. The second kappa shape index (κ2) is 6.25. The molecule has 0 aliphatic heterocycles.